The van der Waals surface area contributed by atoms with Crippen molar-refractivity contribution in [2.24, 2.45) is 4.99 Å². The van der Waals surface area contributed by atoms with Gasteiger partial charge in [-0.2, -0.15) is 0 Å². The van der Waals surface area contributed by atoms with E-state index in [9.17, 15) is 9.59 Å². The summed E-state index contributed by atoms with van der Waals surface area (Å²) in [6, 6.07) is 18.2. The molecule has 0 spiro atoms. The molecule has 2 heterocycles. The van der Waals surface area contributed by atoms with Crippen molar-refractivity contribution in [3.8, 4) is 17.2 Å². The summed E-state index contributed by atoms with van der Waals surface area (Å²) in [4.78, 5) is 31.9. The maximum Gasteiger partial charge on any atom is 0.337 e. The van der Waals surface area contributed by atoms with Gasteiger partial charge in [-0.05, 0) is 71.2 Å². The van der Waals surface area contributed by atoms with Gasteiger partial charge in [-0.1, -0.05) is 63.7 Å². The molecule has 1 aliphatic heterocycles. The monoisotopic (exact) mass is 726 g/mol. The van der Waals surface area contributed by atoms with Crippen LogP contribution in [0.5, 0.6) is 17.2 Å². The van der Waals surface area contributed by atoms with Crippen LogP contribution in [0.3, 0.4) is 0 Å². The molecule has 8 nitrogen and oxygen atoms in total. The number of hydrogen-bond acceptors (Lipinski definition) is 8. The Bertz CT molecular complexity index is 1870. The van der Waals surface area contributed by atoms with Crippen LogP contribution in [0.4, 0.5) is 0 Å². The lowest BCUT2D eigenvalue weighted by molar-refractivity contribution is -0.136. The van der Waals surface area contributed by atoms with Gasteiger partial charge in [0.05, 0.1) is 40.9 Å². The van der Waals surface area contributed by atoms with Gasteiger partial charge in [0, 0.05) is 16.2 Å². The molecule has 4 aromatic rings. The zero-order valence-electron chi connectivity index (χ0n) is 23.6. The lowest BCUT2D eigenvalue weighted by Crippen LogP contribution is -2.39. The summed E-state index contributed by atoms with van der Waals surface area (Å²) >= 11 is 8.39. The number of benzene rings is 3. The van der Waals surface area contributed by atoms with Crippen LogP contribution >= 0.6 is 43.2 Å². The van der Waals surface area contributed by atoms with Gasteiger partial charge in [-0.15, -0.1) is 0 Å². The fraction of sp³-hybridized carbons (Fsp3) is 0.219. The number of methoxy groups -OCH3 is 1. The number of carbonyl (C=O) groups excluding carboxylic acids is 1. The van der Waals surface area contributed by atoms with Crippen molar-refractivity contribution < 1.29 is 23.7 Å². The summed E-state index contributed by atoms with van der Waals surface area (Å²) in [5, 5.41) is 0. The number of fused-ring (bicyclic) bond motifs is 1. The quantitative estimate of drug-likeness (QED) is 0.189. The van der Waals surface area contributed by atoms with E-state index in [0.29, 0.717) is 57.5 Å². The van der Waals surface area contributed by atoms with Crippen molar-refractivity contribution in [3.05, 3.63) is 118 Å². The molecule has 0 unspecified atom stereocenters. The number of rotatable bonds is 10. The van der Waals surface area contributed by atoms with Crippen LogP contribution in [-0.2, 0) is 16.1 Å². The van der Waals surface area contributed by atoms with Crippen molar-refractivity contribution in [2.45, 2.75) is 26.5 Å². The average Bonchev–Trinajstić information content (AvgIpc) is 3.32. The number of thiazole rings is 1. The molecule has 222 valence electrons. The van der Waals surface area contributed by atoms with Crippen LogP contribution in [0, 0.1) is 0 Å². The highest BCUT2D eigenvalue weighted by Gasteiger charge is 2.31. The number of nitrogens with zero attached hydrogens (tertiary/aromatic N) is 2. The van der Waals surface area contributed by atoms with E-state index >= 15 is 0 Å². The minimum Gasteiger partial charge on any atom is -0.490 e. The van der Waals surface area contributed by atoms with Gasteiger partial charge in [0.2, 0.25) is 0 Å². The van der Waals surface area contributed by atoms with Crippen molar-refractivity contribution >= 4 is 55.2 Å². The third kappa shape index (κ3) is 6.63. The van der Waals surface area contributed by atoms with Crippen LogP contribution < -0.4 is 29.1 Å². The minimum atomic E-state index is -0.788. The molecule has 0 aliphatic carbocycles. The number of aromatic nitrogens is 1. The van der Waals surface area contributed by atoms with Crippen molar-refractivity contribution in [3.63, 3.8) is 0 Å². The normalized spacial score (nSPS) is 14.4. The second-order valence-corrected chi connectivity index (χ2v) is 12.1. The third-order valence-corrected chi connectivity index (χ3v) is 8.60. The fourth-order valence-electron chi connectivity index (χ4n) is 4.70. The van der Waals surface area contributed by atoms with Crippen LogP contribution in [0.1, 0.15) is 36.6 Å². The van der Waals surface area contributed by atoms with Gasteiger partial charge in [0.25, 0.3) is 5.56 Å². The van der Waals surface area contributed by atoms with E-state index in [0.717, 1.165) is 14.5 Å². The second-order valence-electron chi connectivity index (χ2n) is 9.33. The topological polar surface area (TPSA) is 88.4 Å². The van der Waals surface area contributed by atoms with E-state index in [2.05, 4.69) is 36.9 Å². The molecule has 0 bridgehead atoms. The highest BCUT2D eigenvalue weighted by Crippen LogP contribution is 2.36. The molecule has 0 radical (unpaired) electrons. The molecule has 5 rings (SSSR count). The van der Waals surface area contributed by atoms with Gasteiger partial charge in [-0.25, -0.2) is 9.79 Å². The molecule has 11 heteroatoms. The van der Waals surface area contributed by atoms with Gasteiger partial charge in [0.1, 0.15) is 12.4 Å². The molecule has 1 atom stereocenters. The Morgan fingerprint density at radius 3 is 2.47 bits per heavy atom. The Hall–Kier alpha value is -3.67. The Balaban J connectivity index is 1.64. The predicted octanol–water partition coefficient (Wildman–Crippen LogP) is 5.92. The molecular weight excluding hydrogens is 700 g/mol. The van der Waals surface area contributed by atoms with E-state index in [1.165, 1.54) is 29.2 Å². The second kappa shape index (κ2) is 13.7. The summed E-state index contributed by atoms with van der Waals surface area (Å²) in [6.07, 6.45) is 3.24. The number of halogens is 2. The molecule has 43 heavy (non-hydrogen) atoms. The number of hydrogen-bond donors (Lipinski definition) is 0. The summed E-state index contributed by atoms with van der Waals surface area (Å²) in [5.41, 5.74) is 2.29. The maximum atomic E-state index is 14.1. The SMILES string of the molecule is CCOc1ccc([C@@H]2C(C(=O)OC)=CN=c3s/c(=C/c4cc(Br)cc(Br)c4OCc4ccccc4)c(=O)n32)cc1OCC. The molecule has 3 aromatic carbocycles. The smallest absolute Gasteiger partial charge is 0.337 e. The molecule has 0 saturated carbocycles. The molecular formula is C32H28Br2N2O6S. The Morgan fingerprint density at radius 1 is 1.00 bits per heavy atom. The maximum absolute atomic E-state index is 14.1. The van der Waals surface area contributed by atoms with E-state index in [1.807, 2.05) is 62.4 Å². The van der Waals surface area contributed by atoms with E-state index in [1.54, 1.807) is 18.2 Å². The van der Waals surface area contributed by atoms with Gasteiger partial charge in [-0.3, -0.25) is 9.36 Å². The third-order valence-electron chi connectivity index (χ3n) is 6.56. The highest BCUT2D eigenvalue weighted by atomic mass is 79.9. The lowest BCUT2D eigenvalue weighted by Gasteiger charge is -2.23. The zero-order chi connectivity index (χ0) is 30.5. The summed E-state index contributed by atoms with van der Waals surface area (Å²) in [5.74, 6) is 1.11. The van der Waals surface area contributed by atoms with E-state index in [4.69, 9.17) is 18.9 Å². The standard InChI is InChI=1S/C32H28Br2N2O6S/c1-4-40-25-12-11-20(14-26(25)41-5-2)28-23(31(38)39-3)17-35-32-36(28)30(37)27(43-32)15-21-13-22(33)16-24(34)29(21)42-18-19-9-7-6-8-10-19/h6-17,28H,4-5,18H2,1-3H3/b27-15+/t28-/m1/s1. The number of ether oxygens (including phenoxy) is 4. The predicted molar refractivity (Wildman–Crippen MR) is 173 cm³/mol. The first-order chi connectivity index (χ1) is 20.8. The fourth-order valence-corrected chi connectivity index (χ4v) is 7.03. The van der Waals surface area contributed by atoms with Crippen molar-refractivity contribution in [1.82, 2.24) is 4.57 Å². The first kappa shape index (κ1) is 30.8. The molecule has 0 N–H and O–H groups in total. The first-order valence-corrected chi connectivity index (χ1v) is 15.9. The largest absolute Gasteiger partial charge is 0.490 e. The molecule has 1 aliphatic rings. The Kier molecular flexibility index (Phi) is 9.84. The summed E-state index contributed by atoms with van der Waals surface area (Å²) < 4.78 is 26.4. The molecule has 0 amide bonds. The molecule has 1 aromatic heterocycles. The molecule has 0 fully saturated rings. The first-order valence-electron chi connectivity index (χ1n) is 13.5. The Labute approximate surface area is 269 Å². The van der Waals surface area contributed by atoms with E-state index < -0.39 is 12.0 Å². The van der Waals surface area contributed by atoms with Gasteiger partial charge in [0.15, 0.2) is 16.3 Å². The average molecular weight is 728 g/mol. The van der Waals surface area contributed by atoms with Crippen LogP contribution in [0.2, 0.25) is 0 Å². The van der Waals surface area contributed by atoms with Gasteiger partial charge >= 0.3 is 5.97 Å². The van der Waals surface area contributed by atoms with E-state index in [-0.39, 0.29) is 11.1 Å². The lowest BCUT2D eigenvalue weighted by atomic mass is 9.97. The Morgan fingerprint density at radius 2 is 1.74 bits per heavy atom. The van der Waals surface area contributed by atoms with Crippen molar-refractivity contribution in [1.29, 1.82) is 0 Å². The van der Waals surface area contributed by atoms with Crippen molar-refractivity contribution in [2.75, 3.05) is 20.3 Å². The molecule has 0 saturated heterocycles. The van der Waals surface area contributed by atoms with Crippen LogP contribution in [0.15, 0.2) is 91.2 Å². The van der Waals surface area contributed by atoms with Crippen LogP contribution in [0.25, 0.3) is 6.08 Å². The van der Waals surface area contributed by atoms with Gasteiger partial charge < -0.3 is 18.9 Å². The van der Waals surface area contributed by atoms with Crippen LogP contribution in [-0.4, -0.2) is 30.9 Å². The summed E-state index contributed by atoms with van der Waals surface area (Å²) in [6.45, 7) is 5.00. The summed E-state index contributed by atoms with van der Waals surface area (Å²) in [7, 11) is 1.30. The highest BCUT2D eigenvalue weighted by molar-refractivity contribution is 9.11. The minimum absolute atomic E-state index is 0.227. The number of carbonyl (C=O) groups is 1. The zero-order valence-corrected chi connectivity index (χ0v) is 27.6. The number of esters is 1.